The van der Waals surface area contributed by atoms with Crippen LogP contribution in [0.15, 0.2) is 24.3 Å². The minimum Gasteiger partial charge on any atom is -0.381 e. The van der Waals surface area contributed by atoms with Crippen LogP contribution in [0, 0.1) is 5.41 Å². The van der Waals surface area contributed by atoms with E-state index < -0.39 is 11.8 Å². The summed E-state index contributed by atoms with van der Waals surface area (Å²) in [6.45, 7) is 1.19. The molecule has 0 aromatic heterocycles. The quantitative estimate of drug-likeness (QED) is 0.896. The first-order valence-corrected chi connectivity index (χ1v) is 6.55. The smallest absolute Gasteiger partial charge is 0.263 e. The Balaban J connectivity index is 0.00000220. The second-order valence-corrected chi connectivity index (χ2v) is 4.98. The summed E-state index contributed by atoms with van der Waals surface area (Å²) in [4.78, 5) is 12.4. The van der Waals surface area contributed by atoms with Gasteiger partial charge < -0.3 is 15.8 Å². The fourth-order valence-corrected chi connectivity index (χ4v) is 2.30. The molecule has 0 aliphatic carbocycles. The van der Waals surface area contributed by atoms with Gasteiger partial charge in [0, 0.05) is 31.0 Å². The number of carbonyl (C=O) groups excluding carboxylic acids is 1. The molecular formula is C14H19ClF2N2O2. The van der Waals surface area contributed by atoms with E-state index >= 15 is 0 Å². The van der Waals surface area contributed by atoms with E-state index in [9.17, 15) is 13.6 Å². The van der Waals surface area contributed by atoms with Gasteiger partial charge in [-0.3, -0.25) is 4.79 Å². The van der Waals surface area contributed by atoms with Gasteiger partial charge in [-0.15, -0.1) is 12.4 Å². The maximum absolute atomic E-state index is 12.6. The fourth-order valence-electron chi connectivity index (χ4n) is 2.30. The van der Waals surface area contributed by atoms with Gasteiger partial charge in [0.2, 0.25) is 5.91 Å². The summed E-state index contributed by atoms with van der Waals surface area (Å²) < 4.78 is 30.5. The Hall–Kier alpha value is -1.24. The monoisotopic (exact) mass is 320 g/mol. The maximum Gasteiger partial charge on any atom is 0.263 e. The SMILES string of the molecule is Cl.NCC1(C(=O)Nc2cccc(C(F)F)c2)CCOCC1. The van der Waals surface area contributed by atoms with Crippen molar-refractivity contribution in [3.63, 3.8) is 0 Å². The zero-order chi connectivity index (χ0) is 14.6. The first kappa shape index (κ1) is 17.8. The van der Waals surface area contributed by atoms with Crippen LogP contribution in [0.5, 0.6) is 0 Å². The molecule has 1 fully saturated rings. The number of hydrogen-bond donors (Lipinski definition) is 2. The van der Waals surface area contributed by atoms with E-state index in [2.05, 4.69) is 5.32 Å². The highest BCUT2D eigenvalue weighted by Gasteiger charge is 2.38. The number of benzene rings is 1. The number of rotatable bonds is 4. The molecule has 2 rings (SSSR count). The lowest BCUT2D eigenvalue weighted by Crippen LogP contribution is -2.46. The van der Waals surface area contributed by atoms with E-state index in [-0.39, 0.29) is 30.4 Å². The number of amides is 1. The lowest BCUT2D eigenvalue weighted by atomic mass is 9.79. The number of carbonyl (C=O) groups is 1. The van der Waals surface area contributed by atoms with Crippen LogP contribution in [0.25, 0.3) is 0 Å². The van der Waals surface area contributed by atoms with Crippen LogP contribution >= 0.6 is 12.4 Å². The molecule has 1 heterocycles. The molecule has 4 nitrogen and oxygen atoms in total. The molecule has 118 valence electrons. The molecule has 1 aromatic carbocycles. The van der Waals surface area contributed by atoms with Gasteiger partial charge in [0.05, 0.1) is 5.41 Å². The number of nitrogens with one attached hydrogen (secondary N) is 1. The molecule has 7 heteroatoms. The first-order chi connectivity index (χ1) is 9.57. The summed E-state index contributed by atoms with van der Waals surface area (Å²) in [7, 11) is 0. The van der Waals surface area contributed by atoms with Crippen molar-refractivity contribution in [3.8, 4) is 0 Å². The largest absolute Gasteiger partial charge is 0.381 e. The van der Waals surface area contributed by atoms with Crippen molar-refractivity contribution in [2.24, 2.45) is 11.1 Å². The summed E-state index contributed by atoms with van der Waals surface area (Å²) in [5.41, 5.74) is 5.32. The van der Waals surface area contributed by atoms with Crippen molar-refractivity contribution in [2.45, 2.75) is 19.3 Å². The Labute approximate surface area is 128 Å². The third-order valence-electron chi connectivity index (χ3n) is 3.72. The second kappa shape index (κ2) is 7.68. The molecule has 0 saturated carbocycles. The molecule has 0 radical (unpaired) electrons. The van der Waals surface area contributed by atoms with E-state index in [1.807, 2.05) is 0 Å². The second-order valence-electron chi connectivity index (χ2n) is 4.98. The van der Waals surface area contributed by atoms with Crippen LogP contribution < -0.4 is 11.1 Å². The van der Waals surface area contributed by atoms with Crippen LogP contribution in [-0.4, -0.2) is 25.7 Å². The van der Waals surface area contributed by atoms with Crippen molar-refractivity contribution >= 4 is 24.0 Å². The number of ether oxygens (including phenoxy) is 1. The van der Waals surface area contributed by atoms with E-state index in [1.54, 1.807) is 6.07 Å². The Kier molecular flexibility index (Phi) is 6.51. The highest BCUT2D eigenvalue weighted by atomic mass is 35.5. The van der Waals surface area contributed by atoms with Crippen molar-refractivity contribution in [3.05, 3.63) is 29.8 Å². The van der Waals surface area contributed by atoms with Gasteiger partial charge in [-0.1, -0.05) is 12.1 Å². The summed E-state index contributed by atoms with van der Waals surface area (Å²) in [5.74, 6) is -0.227. The molecule has 1 saturated heterocycles. The summed E-state index contributed by atoms with van der Waals surface area (Å²) >= 11 is 0. The highest BCUT2D eigenvalue weighted by Crippen LogP contribution is 2.31. The summed E-state index contributed by atoms with van der Waals surface area (Å²) in [5, 5.41) is 2.69. The molecule has 0 unspecified atom stereocenters. The third-order valence-corrected chi connectivity index (χ3v) is 3.72. The van der Waals surface area contributed by atoms with Gasteiger partial charge in [-0.2, -0.15) is 0 Å². The lowest BCUT2D eigenvalue weighted by molar-refractivity contribution is -0.130. The molecular weight excluding hydrogens is 302 g/mol. The van der Waals surface area contributed by atoms with Gasteiger partial charge >= 0.3 is 0 Å². The molecule has 0 atom stereocenters. The number of alkyl halides is 2. The van der Waals surface area contributed by atoms with Gasteiger partial charge in [0.1, 0.15) is 0 Å². The van der Waals surface area contributed by atoms with E-state index in [0.29, 0.717) is 31.7 Å². The van der Waals surface area contributed by atoms with Gasteiger partial charge in [-0.25, -0.2) is 8.78 Å². The number of halogens is 3. The molecule has 1 amide bonds. The van der Waals surface area contributed by atoms with Gasteiger partial charge in [0.25, 0.3) is 6.43 Å². The number of nitrogens with two attached hydrogens (primary N) is 1. The van der Waals surface area contributed by atoms with Crippen molar-refractivity contribution in [1.29, 1.82) is 0 Å². The van der Waals surface area contributed by atoms with Gasteiger partial charge in [-0.05, 0) is 25.0 Å². The number of hydrogen-bond acceptors (Lipinski definition) is 3. The van der Waals surface area contributed by atoms with Crippen LogP contribution in [-0.2, 0) is 9.53 Å². The average molecular weight is 321 g/mol. The third kappa shape index (κ3) is 4.12. The Morgan fingerprint density at radius 1 is 1.38 bits per heavy atom. The Morgan fingerprint density at radius 3 is 2.62 bits per heavy atom. The van der Waals surface area contributed by atoms with Crippen LogP contribution in [0.2, 0.25) is 0 Å². The maximum atomic E-state index is 12.6. The fraction of sp³-hybridized carbons (Fsp3) is 0.500. The predicted octanol–water partition coefficient (Wildman–Crippen LogP) is 2.74. The summed E-state index contributed by atoms with van der Waals surface area (Å²) in [6, 6.07) is 5.70. The zero-order valence-electron chi connectivity index (χ0n) is 11.5. The molecule has 21 heavy (non-hydrogen) atoms. The summed E-state index contributed by atoms with van der Waals surface area (Å²) in [6.07, 6.45) is -1.47. The minimum absolute atomic E-state index is 0. The standard InChI is InChI=1S/C14H18F2N2O2.ClH/c15-12(16)10-2-1-3-11(8-10)18-13(19)14(9-17)4-6-20-7-5-14;/h1-3,8,12H,4-7,9,17H2,(H,18,19);1H. The van der Waals surface area contributed by atoms with E-state index in [1.165, 1.54) is 18.2 Å². The molecule has 0 bridgehead atoms. The molecule has 3 N–H and O–H groups in total. The highest BCUT2D eigenvalue weighted by molar-refractivity contribution is 5.95. The van der Waals surface area contributed by atoms with E-state index in [4.69, 9.17) is 10.5 Å². The molecule has 1 aliphatic rings. The lowest BCUT2D eigenvalue weighted by Gasteiger charge is -2.34. The number of anilines is 1. The van der Waals surface area contributed by atoms with Crippen LogP contribution in [0.1, 0.15) is 24.8 Å². The Morgan fingerprint density at radius 2 is 2.05 bits per heavy atom. The molecule has 1 aliphatic heterocycles. The molecule has 1 aromatic rings. The predicted molar refractivity (Wildman–Crippen MR) is 78.8 cm³/mol. The first-order valence-electron chi connectivity index (χ1n) is 6.55. The van der Waals surface area contributed by atoms with Crippen molar-refractivity contribution < 1.29 is 18.3 Å². The van der Waals surface area contributed by atoms with Gasteiger partial charge in [0.15, 0.2) is 0 Å². The van der Waals surface area contributed by atoms with Crippen LogP contribution in [0.4, 0.5) is 14.5 Å². The molecule has 0 spiro atoms. The zero-order valence-corrected chi connectivity index (χ0v) is 12.3. The minimum atomic E-state index is -2.56. The van der Waals surface area contributed by atoms with Crippen molar-refractivity contribution in [2.75, 3.05) is 25.1 Å². The van der Waals surface area contributed by atoms with E-state index in [0.717, 1.165) is 0 Å². The topological polar surface area (TPSA) is 64.4 Å². The van der Waals surface area contributed by atoms with Crippen molar-refractivity contribution in [1.82, 2.24) is 0 Å². The van der Waals surface area contributed by atoms with Crippen LogP contribution in [0.3, 0.4) is 0 Å². The average Bonchev–Trinajstić information content (AvgIpc) is 2.48. The Bertz CT molecular complexity index is 480. The normalized spacial score (nSPS) is 17.1.